The summed E-state index contributed by atoms with van der Waals surface area (Å²) in [5.41, 5.74) is 1.68. The van der Waals surface area contributed by atoms with E-state index in [0.29, 0.717) is 11.3 Å². The third-order valence-electron chi connectivity index (χ3n) is 3.83. The fourth-order valence-electron chi connectivity index (χ4n) is 2.32. The summed E-state index contributed by atoms with van der Waals surface area (Å²) in [6.45, 7) is 2.65. The molecule has 9 heteroatoms. The van der Waals surface area contributed by atoms with Gasteiger partial charge in [-0.05, 0) is 50.2 Å². The fourth-order valence-corrected chi connectivity index (χ4v) is 3.31. The van der Waals surface area contributed by atoms with Crippen LogP contribution in [-0.2, 0) is 24.3 Å². The molecule has 28 heavy (non-hydrogen) atoms. The van der Waals surface area contributed by atoms with Crippen molar-refractivity contribution in [2.24, 2.45) is 0 Å². The van der Waals surface area contributed by atoms with E-state index in [1.807, 2.05) is 19.1 Å². The zero-order chi connectivity index (χ0) is 20.7. The molecular formula is C19H22N2O6S. The Hall–Kier alpha value is -2.91. The number of benzene rings is 2. The van der Waals surface area contributed by atoms with E-state index in [1.54, 1.807) is 31.2 Å². The number of carbonyl (C=O) groups is 2. The minimum absolute atomic E-state index is 0.0522. The molecule has 1 amide bonds. The number of para-hydroxylation sites is 1. The van der Waals surface area contributed by atoms with Crippen LogP contribution in [0.5, 0.6) is 5.75 Å². The summed E-state index contributed by atoms with van der Waals surface area (Å²) in [5.74, 6) is -0.733. The molecule has 2 rings (SSSR count). The van der Waals surface area contributed by atoms with Crippen molar-refractivity contribution >= 4 is 27.6 Å². The smallest absolute Gasteiger partial charge is 0.344 e. The van der Waals surface area contributed by atoms with Gasteiger partial charge >= 0.3 is 5.97 Å². The summed E-state index contributed by atoms with van der Waals surface area (Å²) in [4.78, 5) is 23.8. The average Bonchev–Trinajstić information content (AvgIpc) is 2.67. The van der Waals surface area contributed by atoms with Crippen molar-refractivity contribution in [2.45, 2.75) is 18.7 Å². The van der Waals surface area contributed by atoms with Crippen LogP contribution >= 0.6 is 0 Å². The van der Waals surface area contributed by atoms with Gasteiger partial charge in [-0.1, -0.05) is 24.3 Å². The number of anilines is 1. The Morgan fingerprint density at radius 3 is 2.39 bits per heavy atom. The normalized spacial score (nSPS) is 11.0. The lowest BCUT2D eigenvalue weighted by atomic mass is 10.2. The highest BCUT2D eigenvalue weighted by Gasteiger charge is 2.16. The number of ether oxygens (including phenoxy) is 2. The van der Waals surface area contributed by atoms with Gasteiger partial charge in [0.2, 0.25) is 10.0 Å². The Bertz CT molecular complexity index is 972. The Labute approximate surface area is 163 Å². The van der Waals surface area contributed by atoms with Gasteiger partial charge < -0.3 is 14.8 Å². The van der Waals surface area contributed by atoms with Crippen LogP contribution in [0.25, 0.3) is 0 Å². The topological polar surface area (TPSA) is 111 Å². The van der Waals surface area contributed by atoms with E-state index < -0.39 is 28.5 Å². The number of rotatable bonds is 8. The highest BCUT2D eigenvalue weighted by atomic mass is 32.2. The van der Waals surface area contributed by atoms with E-state index in [0.717, 1.165) is 5.56 Å². The number of amides is 1. The quantitative estimate of drug-likeness (QED) is 0.647. The lowest BCUT2D eigenvalue weighted by Gasteiger charge is -2.11. The Morgan fingerprint density at radius 1 is 1.00 bits per heavy atom. The number of sulfonamides is 1. The molecule has 0 radical (unpaired) electrons. The Morgan fingerprint density at radius 2 is 1.71 bits per heavy atom. The summed E-state index contributed by atoms with van der Waals surface area (Å²) in [6.07, 6.45) is 0. The second-order valence-corrected chi connectivity index (χ2v) is 7.81. The molecule has 2 aromatic carbocycles. The van der Waals surface area contributed by atoms with E-state index in [4.69, 9.17) is 9.47 Å². The summed E-state index contributed by atoms with van der Waals surface area (Å²) < 4.78 is 36.4. The molecule has 0 atom stereocenters. The maximum absolute atomic E-state index is 12.0. The molecule has 0 saturated carbocycles. The van der Waals surface area contributed by atoms with Gasteiger partial charge in [-0.3, -0.25) is 4.79 Å². The number of hydrogen-bond donors (Lipinski definition) is 2. The van der Waals surface area contributed by atoms with Gasteiger partial charge in [-0.25, -0.2) is 17.9 Å². The molecule has 8 nitrogen and oxygen atoms in total. The first-order chi connectivity index (χ1) is 13.2. The first-order valence-corrected chi connectivity index (χ1v) is 9.89. The van der Waals surface area contributed by atoms with Crippen LogP contribution in [-0.4, -0.2) is 40.6 Å². The average molecular weight is 406 g/mol. The molecule has 0 unspecified atom stereocenters. The van der Waals surface area contributed by atoms with E-state index in [9.17, 15) is 18.0 Å². The van der Waals surface area contributed by atoms with E-state index in [-0.39, 0.29) is 17.2 Å². The van der Waals surface area contributed by atoms with E-state index >= 15 is 0 Å². The molecule has 0 saturated heterocycles. The van der Waals surface area contributed by atoms with Crippen molar-refractivity contribution in [2.75, 3.05) is 25.6 Å². The summed E-state index contributed by atoms with van der Waals surface area (Å²) in [6, 6.07) is 11.7. The molecular weight excluding hydrogens is 384 g/mol. The van der Waals surface area contributed by atoms with Gasteiger partial charge in [-0.2, -0.15) is 0 Å². The minimum atomic E-state index is -3.65. The van der Waals surface area contributed by atoms with E-state index in [2.05, 4.69) is 10.0 Å². The van der Waals surface area contributed by atoms with Crippen LogP contribution in [0.2, 0.25) is 0 Å². The highest BCUT2D eigenvalue weighted by Crippen LogP contribution is 2.20. The highest BCUT2D eigenvalue weighted by molar-refractivity contribution is 7.89. The van der Waals surface area contributed by atoms with E-state index in [1.165, 1.54) is 13.1 Å². The van der Waals surface area contributed by atoms with Crippen molar-refractivity contribution < 1.29 is 27.5 Å². The predicted molar refractivity (Wildman–Crippen MR) is 104 cm³/mol. The minimum Gasteiger partial charge on any atom is -0.482 e. The third-order valence-corrected chi connectivity index (χ3v) is 5.39. The van der Waals surface area contributed by atoms with Gasteiger partial charge in [-0.15, -0.1) is 0 Å². The first kappa shape index (κ1) is 21.4. The second kappa shape index (κ2) is 9.34. The SMILES string of the molecule is CNS(=O)(=O)c1cc(NC(=O)COC(=O)COc2ccccc2C)ccc1C. The predicted octanol–water partition coefficient (Wildman–Crippen LogP) is 1.77. The lowest BCUT2D eigenvalue weighted by molar-refractivity contribution is -0.149. The van der Waals surface area contributed by atoms with Crippen LogP contribution in [0.15, 0.2) is 47.4 Å². The van der Waals surface area contributed by atoms with Gasteiger partial charge in [0.05, 0.1) is 4.90 Å². The molecule has 0 aliphatic carbocycles. The first-order valence-electron chi connectivity index (χ1n) is 8.41. The van der Waals surface area contributed by atoms with Crippen molar-refractivity contribution in [3.8, 4) is 5.75 Å². The molecule has 2 N–H and O–H groups in total. The summed E-state index contributed by atoms with van der Waals surface area (Å²) in [5, 5.41) is 2.49. The van der Waals surface area contributed by atoms with Crippen molar-refractivity contribution in [3.05, 3.63) is 53.6 Å². The molecule has 0 fully saturated rings. The largest absolute Gasteiger partial charge is 0.482 e. The van der Waals surface area contributed by atoms with Gasteiger partial charge in [0.25, 0.3) is 5.91 Å². The zero-order valence-corrected chi connectivity index (χ0v) is 16.6. The lowest BCUT2D eigenvalue weighted by Crippen LogP contribution is -2.24. The van der Waals surface area contributed by atoms with Crippen LogP contribution in [0.3, 0.4) is 0 Å². The molecule has 0 spiro atoms. The Kier molecular flexibility index (Phi) is 7.13. The van der Waals surface area contributed by atoms with Crippen LogP contribution in [0, 0.1) is 13.8 Å². The third kappa shape index (κ3) is 5.80. The van der Waals surface area contributed by atoms with Gasteiger partial charge in [0.15, 0.2) is 13.2 Å². The maximum Gasteiger partial charge on any atom is 0.344 e. The molecule has 0 heterocycles. The summed E-state index contributed by atoms with van der Waals surface area (Å²) in [7, 11) is -2.35. The number of hydrogen-bond acceptors (Lipinski definition) is 6. The van der Waals surface area contributed by atoms with Crippen molar-refractivity contribution in [3.63, 3.8) is 0 Å². The molecule has 0 aromatic heterocycles. The molecule has 0 aliphatic rings. The standard InChI is InChI=1S/C19H22N2O6S/c1-13-6-4-5-7-16(13)26-12-19(23)27-11-18(22)21-15-9-8-14(2)17(10-15)28(24,25)20-3/h4-10,20H,11-12H2,1-3H3,(H,21,22). The van der Waals surface area contributed by atoms with Gasteiger partial charge in [0.1, 0.15) is 5.75 Å². The van der Waals surface area contributed by atoms with Crippen LogP contribution in [0.4, 0.5) is 5.69 Å². The summed E-state index contributed by atoms with van der Waals surface area (Å²) >= 11 is 0. The second-order valence-electron chi connectivity index (χ2n) is 5.95. The number of esters is 1. The number of aryl methyl sites for hydroxylation is 2. The van der Waals surface area contributed by atoms with Crippen molar-refractivity contribution in [1.29, 1.82) is 0 Å². The van der Waals surface area contributed by atoms with Crippen LogP contribution in [0.1, 0.15) is 11.1 Å². The molecule has 0 bridgehead atoms. The number of carbonyl (C=O) groups excluding carboxylic acids is 2. The monoisotopic (exact) mass is 406 g/mol. The fraction of sp³-hybridized carbons (Fsp3) is 0.263. The Balaban J connectivity index is 1.88. The molecule has 2 aromatic rings. The zero-order valence-electron chi connectivity index (χ0n) is 15.8. The molecule has 150 valence electrons. The molecule has 0 aliphatic heterocycles. The van der Waals surface area contributed by atoms with Crippen molar-refractivity contribution in [1.82, 2.24) is 4.72 Å². The van der Waals surface area contributed by atoms with Gasteiger partial charge in [0, 0.05) is 5.69 Å². The number of nitrogens with one attached hydrogen (secondary N) is 2. The maximum atomic E-state index is 12.0. The van der Waals surface area contributed by atoms with Crippen LogP contribution < -0.4 is 14.8 Å².